The number of carbonyl (C=O) groups excluding carboxylic acids is 1. The van der Waals surface area contributed by atoms with Gasteiger partial charge in [-0.05, 0) is 56.1 Å². The van der Waals surface area contributed by atoms with E-state index in [0.29, 0.717) is 17.7 Å². The predicted molar refractivity (Wildman–Crippen MR) is 119 cm³/mol. The van der Waals surface area contributed by atoms with Crippen molar-refractivity contribution in [2.45, 2.75) is 70.0 Å². The van der Waals surface area contributed by atoms with Crippen molar-refractivity contribution in [2.75, 3.05) is 29.1 Å². The van der Waals surface area contributed by atoms with Crippen molar-refractivity contribution in [1.29, 1.82) is 0 Å². The maximum Gasteiger partial charge on any atom is 0.234 e. The van der Waals surface area contributed by atoms with Gasteiger partial charge in [0.1, 0.15) is 0 Å². The molecule has 2 aliphatic rings. The molecule has 6 nitrogen and oxygen atoms in total. The van der Waals surface area contributed by atoms with Crippen LogP contribution in [0, 0.1) is 6.92 Å². The van der Waals surface area contributed by atoms with Crippen LogP contribution in [-0.2, 0) is 4.79 Å². The summed E-state index contributed by atoms with van der Waals surface area (Å²) in [5.41, 5.74) is 3.23. The molecule has 0 radical (unpaired) electrons. The number of carbonyl (C=O) groups is 1. The summed E-state index contributed by atoms with van der Waals surface area (Å²) in [6.45, 7) is 8.46. The lowest BCUT2D eigenvalue weighted by molar-refractivity contribution is -0.113. The van der Waals surface area contributed by atoms with Gasteiger partial charge in [-0.2, -0.15) is 0 Å². The molecule has 0 atom stereocenters. The number of para-hydroxylation sites is 1. The largest absolute Gasteiger partial charge is 0.341 e. The van der Waals surface area contributed by atoms with E-state index in [2.05, 4.69) is 51.0 Å². The van der Waals surface area contributed by atoms with Gasteiger partial charge in [0.15, 0.2) is 5.16 Å². The fraction of sp³-hybridized carbons (Fsp3) is 0.591. The maximum atomic E-state index is 12.7. The zero-order chi connectivity index (χ0) is 20.4. The second kappa shape index (κ2) is 8.78. The third kappa shape index (κ3) is 4.60. The van der Waals surface area contributed by atoms with Crippen LogP contribution in [0.1, 0.15) is 69.0 Å². The molecule has 7 heteroatoms. The van der Waals surface area contributed by atoms with E-state index in [0.717, 1.165) is 35.4 Å². The number of hydrogen-bond donors (Lipinski definition) is 1. The van der Waals surface area contributed by atoms with E-state index in [-0.39, 0.29) is 5.91 Å². The Bertz CT molecular complexity index is 868. The summed E-state index contributed by atoms with van der Waals surface area (Å²) >= 11 is 1.50. The zero-order valence-corrected chi connectivity index (χ0v) is 18.5. The molecule has 1 amide bonds. The minimum atomic E-state index is 0.0102. The van der Waals surface area contributed by atoms with Gasteiger partial charge < -0.3 is 10.2 Å². The van der Waals surface area contributed by atoms with Crippen molar-refractivity contribution >= 4 is 29.3 Å². The minimum absolute atomic E-state index is 0.0102. The van der Waals surface area contributed by atoms with E-state index in [1.54, 1.807) is 0 Å². The van der Waals surface area contributed by atoms with Crippen LogP contribution < -0.4 is 10.2 Å². The first-order valence-corrected chi connectivity index (χ1v) is 11.7. The normalized spacial score (nSPS) is 17.0. The number of amides is 1. The lowest BCUT2D eigenvalue weighted by Crippen LogP contribution is -2.32. The Morgan fingerprint density at radius 3 is 2.66 bits per heavy atom. The third-order valence-electron chi connectivity index (χ3n) is 5.72. The Balaban J connectivity index is 1.44. The van der Waals surface area contributed by atoms with Gasteiger partial charge in [0.05, 0.1) is 5.75 Å². The molecule has 1 saturated carbocycles. The van der Waals surface area contributed by atoms with Crippen molar-refractivity contribution in [1.82, 2.24) is 14.8 Å². The van der Waals surface area contributed by atoms with E-state index in [9.17, 15) is 4.79 Å². The first-order chi connectivity index (χ1) is 14.0. The first kappa shape index (κ1) is 20.3. The van der Waals surface area contributed by atoms with Gasteiger partial charge in [0.25, 0.3) is 0 Å². The standard InChI is InChI=1S/C22H31N5OS/c1-15(2)18-9-7-8-16(3)20(18)23-19(28)14-29-22-25-24-21(27(22)17-10-11-17)26-12-5-4-6-13-26/h7-9,15,17H,4-6,10-14H2,1-3H3,(H,23,28). The first-order valence-electron chi connectivity index (χ1n) is 10.8. The highest BCUT2D eigenvalue weighted by atomic mass is 32.2. The molecule has 2 fully saturated rings. The fourth-order valence-corrected chi connectivity index (χ4v) is 4.78. The number of aromatic nitrogens is 3. The number of benzene rings is 1. The van der Waals surface area contributed by atoms with E-state index in [1.165, 1.54) is 49.4 Å². The van der Waals surface area contributed by atoms with Gasteiger partial charge in [-0.3, -0.25) is 9.36 Å². The molecule has 0 unspecified atom stereocenters. The molecule has 0 bridgehead atoms. The van der Waals surface area contributed by atoms with E-state index in [4.69, 9.17) is 0 Å². The Kier molecular flexibility index (Phi) is 6.13. The second-order valence-electron chi connectivity index (χ2n) is 8.46. The summed E-state index contributed by atoms with van der Waals surface area (Å²) in [7, 11) is 0. The minimum Gasteiger partial charge on any atom is -0.341 e. The average molecular weight is 414 g/mol. The zero-order valence-electron chi connectivity index (χ0n) is 17.6. The van der Waals surface area contributed by atoms with Crippen LogP contribution >= 0.6 is 11.8 Å². The molecule has 1 saturated heterocycles. The molecule has 1 N–H and O–H groups in total. The quantitative estimate of drug-likeness (QED) is 0.663. The van der Waals surface area contributed by atoms with Crippen molar-refractivity contribution in [3.05, 3.63) is 29.3 Å². The van der Waals surface area contributed by atoms with Gasteiger partial charge in [0, 0.05) is 24.8 Å². The number of nitrogens with one attached hydrogen (secondary N) is 1. The Morgan fingerprint density at radius 1 is 1.21 bits per heavy atom. The molecule has 156 valence electrons. The van der Waals surface area contributed by atoms with Crippen LogP contribution in [0.2, 0.25) is 0 Å². The topological polar surface area (TPSA) is 63.1 Å². The van der Waals surface area contributed by atoms with Crippen molar-refractivity contribution in [3.63, 3.8) is 0 Å². The lowest BCUT2D eigenvalue weighted by atomic mass is 9.98. The summed E-state index contributed by atoms with van der Waals surface area (Å²) in [6.07, 6.45) is 6.10. The summed E-state index contributed by atoms with van der Waals surface area (Å²) in [6, 6.07) is 6.68. The Labute approximate surface area is 177 Å². The molecular formula is C22H31N5OS. The van der Waals surface area contributed by atoms with Gasteiger partial charge in [-0.15, -0.1) is 10.2 Å². The SMILES string of the molecule is Cc1cccc(C(C)C)c1NC(=O)CSc1nnc(N2CCCCC2)n1C1CC1. The number of anilines is 2. The van der Waals surface area contributed by atoms with E-state index >= 15 is 0 Å². The molecule has 2 aromatic rings. The van der Waals surface area contributed by atoms with Gasteiger partial charge in [-0.1, -0.05) is 43.8 Å². The second-order valence-corrected chi connectivity index (χ2v) is 9.40. The maximum absolute atomic E-state index is 12.7. The summed E-state index contributed by atoms with van der Waals surface area (Å²) in [4.78, 5) is 15.1. The highest BCUT2D eigenvalue weighted by molar-refractivity contribution is 7.99. The summed E-state index contributed by atoms with van der Waals surface area (Å²) in [5, 5.41) is 13.0. The van der Waals surface area contributed by atoms with Gasteiger partial charge >= 0.3 is 0 Å². The number of hydrogen-bond acceptors (Lipinski definition) is 5. The molecule has 1 aliphatic carbocycles. The van der Waals surface area contributed by atoms with Gasteiger partial charge in [-0.25, -0.2) is 0 Å². The van der Waals surface area contributed by atoms with E-state index in [1.807, 2.05) is 13.0 Å². The Morgan fingerprint density at radius 2 is 1.97 bits per heavy atom. The molecule has 2 heterocycles. The third-order valence-corrected chi connectivity index (χ3v) is 6.66. The average Bonchev–Trinajstić information content (AvgIpc) is 3.47. The van der Waals surface area contributed by atoms with Crippen LogP contribution in [0.3, 0.4) is 0 Å². The van der Waals surface area contributed by atoms with Crippen LogP contribution in [0.5, 0.6) is 0 Å². The van der Waals surface area contributed by atoms with Crippen molar-refractivity contribution < 1.29 is 4.79 Å². The number of thioether (sulfide) groups is 1. The van der Waals surface area contributed by atoms with Crippen LogP contribution in [-0.4, -0.2) is 39.5 Å². The summed E-state index contributed by atoms with van der Waals surface area (Å²) in [5.74, 6) is 1.71. The van der Waals surface area contributed by atoms with Crippen molar-refractivity contribution in [3.8, 4) is 0 Å². The summed E-state index contributed by atoms with van der Waals surface area (Å²) < 4.78 is 2.27. The number of aryl methyl sites for hydroxylation is 1. The lowest BCUT2D eigenvalue weighted by Gasteiger charge is -2.27. The monoisotopic (exact) mass is 413 g/mol. The van der Waals surface area contributed by atoms with Crippen LogP contribution in [0.15, 0.2) is 23.4 Å². The van der Waals surface area contributed by atoms with Crippen LogP contribution in [0.4, 0.5) is 11.6 Å². The molecule has 0 spiro atoms. The van der Waals surface area contributed by atoms with Gasteiger partial charge in [0.2, 0.25) is 11.9 Å². The van der Waals surface area contributed by atoms with E-state index < -0.39 is 0 Å². The number of piperidine rings is 1. The highest BCUT2D eigenvalue weighted by Gasteiger charge is 2.32. The van der Waals surface area contributed by atoms with Crippen LogP contribution in [0.25, 0.3) is 0 Å². The number of rotatable bonds is 7. The number of nitrogens with zero attached hydrogens (tertiary/aromatic N) is 4. The smallest absolute Gasteiger partial charge is 0.234 e. The molecule has 1 aliphatic heterocycles. The highest BCUT2D eigenvalue weighted by Crippen LogP contribution is 2.41. The molecule has 29 heavy (non-hydrogen) atoms. The van der Waals surface area contributed by atoms with Crippen molar-refractivity contribution in [2.24, 2.45) is 0 Å². The molecule has 1 aromatic carbocycles. The molecular weight excluding hydrogens is 382 g/mol. The molecule has 4 rings (SSSR count). The fourth-order valence-electron chi connectivity index (χ4n) is 3.98. The Hall–Kier alpha value is -2.02. The predicted octanol–water partition coefficient (Wildman–Crippen LogP) is 4.77. The molecule has 1 aromatic heterocycles.